The van der Waals surface area contributed by atoms with Gasteiger partial charge in [0, 0.05) is 0 Å². The summed E-state index contributed by atoms with van der Waals surface area (Å²) in [6, 6.07) is 0. The molecule has 0 saturated carbocycles. The molecule has 0 bridgehead atoms. The molecule has 0 fully saturated rings. The van der Waals surface area contributed by atoms with E-state index in [2.05, 4.69) is 0 Å². The summed E-state index contributed by atoms with van der Waals surface area (Å²) in [5.41, 5.74) is -22.4. The SMILES string of the molecule is O=P(C(F)(F)C(F)=C(F)F)(C(F)(F)C(F)=C(F)F)C(F)(F)C(F)=C(F)F. The van der Waals surface area contributed by atoms with Crippen LogP contribution in [-0.2, 0) is 4.57 Å². The first kappa shape index (κ1) is 24.4. The zero-order chi connectivity index (χ0) is 21.5. The molecule has 0 aliphatic carbocycles. The zero-order valence-corrected chi connectivity index (χ0v) is 11.9. The third-order valence-corrected chi connectivity index (χ3v) is 5.44. The van der Waals surface area contributed by atoms with Crippen LogP contribution in [0.25, 0.3) is 0 Å². The average Bonchev–Trinajstić information content (AvgIpc) is 2.50. The summed E-state index contributed by atoms with van der Waals surface area (Å²) in [6.45, 7) is 0. The van der Waals surface area contributed by atoms with E-state index in [0.717, 1.165) is 0 Å². The van der Waals surface area contributed by atoms with Crippen molar-refractivity contribution in [2.45, 2.75) is 17.0 Å². The molecule has 0 aromatic rings. The van der Waals surface area contributed by atoms with E-state index < -0.39 is 59.9 Å². The van der Waals surface area contributed by atoms with Crippen molar-refractivity contribution in [3.63, 3.8) is 0 Å². The number of alkyl halides is 6. The van der Waals surface area contributed by atoms with Crippen molar-refractivity contribution in [3.8, 4) is 0 Å². The van der Waals surface area contributed by atoms with E-state index >= 15 is 0 Å². The second kappa shape index (κ2) is 7.19. The molecule has 0 aliphatic rings. The van der Waals surface area contributed by atoms with Gasteiger partial charge in [0.1, 0.15) is 0 Å². The van der Waals surface area contributed by atoms with Crippen molar-refractivity contribution in [1.82, 2.24) is 0 Å². The molecule has 0 spiro atoms. The Hall–Kier alpha value is -1.60. The third kappa shape index (κ3) is 3.34. The van der Waals surface area contributed by atoms with Crippen LogP contribution in [0.3, 0.4) is 0 Å². The predicted octanol–water partition coefficient (Wildman–Crippen LogP) is 7.36. The lowest BCUT2D eigenvalue weighted by molar-refractivity contribution is 0.00493. The highest BCUT2D eigenvalue weighted by Crippen LogP contribution is 2.83. The van der Waals surface area contributed by atoms with Crippen molar-refractivity contribution in [2.24, 2.45) is 0 Å². The van der Waals surface area contributed by atoms with Gasteiger partial charge in [0.2, 0.25) is 17.5 Å². The molecule has 0 unspecified atom stereocenters. The Bertz CT molecular complexity index is 610. The largest absolute Gasteiger partial charge is 0.365 e. The van der Waals surface area contributed by atoms with E-state index in [1.165, 1.54) is 0 Å². The quantitative estimate of drug-likeness (QED) is 0.312. The molecule has 0 heterocycles. The second-order valence-corrected chi connectivity index (χ2v) is 6.86. The number of halogens is 15. The molecule has 0 radical (unpaired) electrons. The molecule has 0 amide bonds. The van der Waals surface area contributed by atoms with Crippen LogP contribution in [0.15, 0.2) is 35.7 Å². The first-order chi connectivity index (χ1) is 11.3. The molecule has 0 N–H and O–H groups in total. The summed E-state index contributed by atoms with van der Waals surface area (Å²) in [6.07, 6.45) is -13.3. The van der Waals surface area contributed by atoms with E-state index in [1.807, 2.05) is 0 Å². The molecule has 152 valence electrons. The molecule has 0 aromatic carbocycles. The van der Waals surface area contributed by atoms with Gasteiger partial charge in [0.15, 0.2) is 0 Å². The van der Waals surface area contributed by atoms with Crippen molar-refractivity contribution in [2.75, 3.05) is 0 Å². The van der Waals surface area contributed by atoms with Crippen LogP contribution in [0.1, 0.15) is 0 Å². The highest BCUT2D eigenvalue weighted by molar-refractivity contribution is 7.68. The zero-order valence-electron chi connectivity index (χ0n) is 11.0. The molecule has 0 rings (SSSR count). The molecule has 0 aliphatic heterocycles. The van der Waals surface area contributed by atoms with Gasteiger partial charge in [-0.1, -0.05) is 0 Å². The lowest BCUT2D eigenvalue weighted by Gasteiger charge is -2.35. The molecule has 26 heavy (non-hydrogen) atoms. The number of rotatable bonds is 6. The summed E-state index contributed by atoms with van der Waals surface area (Å²) < 4.78 is 201. The normalized spacial score (nSPS) is 13.3. The van der Waals surface area contributed by atoms with E-state index in [1.54, 1.807) is 0 Å². The Labute approximate surface area is 131 Å². The van der Waals surface area contributed by atoms with Crippen LogP contribution in [0.2, 0.25) is 0 Å². The van der Waals surface area contributed by atoms with Gasteiger partial charge in [-0.2, -0.15) is 65.9 Å². The first-order valence-corrected chi connectivity index (χ1v) is 6.89. The van der Waals surface area contributed by atoms with Crippen LogP contribution < -0.4 is 0 Å². The Morgan fingerprint density at radius 3 is 0.731 bits per heavy atom. The Morgan fingerprint density at radius 2 is 0.615 bits per heavy atom. The van der Waals surface area contributed by atoms with Gasteiger partial charge < -0.3 is 4.57 Å². The fourth-order valence-electron chi connectivity index (χ4n) is 1.28. The Kier molecular flexibility index (Phi) is 6.75. The topological polar surface area (TPSA) is 17.1 Å². The van der Waals surface area contributed by atoms with Crippen LogP contribution in [0.5, 0.6) is 0 Å². The molecule has 1 nitrogen and oxygen atoms in total. The molecule has 17 heteroatoms. The van der Waals surface area contributed by atoms with Gasteiger partial charge in [-0.05, 0) is 0 Å². The van der Waals surface area contributed by atoms with E-state index in [0.29, 0.717) is 0 Å². The van der Waals surface area contributed by atoms with E-state index in [-0.39, 0.29) is 0 Å². The Morgan fingerprint density at radius 1 is 0.462 bits per heavy atom. The van der Waals surface area contributed by atoms with Crippen molar-refractivity contribution >= 4 is 7.14 Å². The molecule has 0 aromatic heterocycles. The molecule has 0 saturated heterocycles. The smallest absolute Gasteiger partial charge is 0.303 e. The monoisotopic (exact) mass is 440 g/mol. The summed E-state index contributed by atoms with van der Waals surface area (Å²) >= 11 is 0. The number of hydrogen-bond acceptors (Lipinski definition) is 1. The lowest BCUT2D eigenvalue weighted by Crippen LogP contribution is -2.41. The van der Waals surface area contributed by atoms with Crippen molar-refractivity contribution in [1.29, 1.82) is 0 Å². The third-order valence-electron chi connectivity index (χ3n) is 2.48. The molecular formula is C9F15OP. The lowest BCUT2D eigenvalue weighted by atomic mass is 10.6. The first-order valence-electron chi connectivity index (χ1n) is 5.19. The maximum atomic E-state index is 13.4. The molecule has 0 atom stereocenters. The standard InChI is InChI=1S/C9F15OP/c10-1(4(13)14)7(19,20)26(25,8(21,22)2(11)5(15)16)9(23,24)3(12)6(17)18. The van der Waals surface area contributed by atoms with Crippen molar-refractivity contribution in [3.05, 3.63) is 35.7 Å². The van der Waals surface area contributed by atoms with Crippen LogP contribution in [-0.4, -0.2) is 17.0 Å². The summed E-state index contributed by atoms with van der Waals surface area (Å²) in [5, 5.41) is 0. The fraction of sp³-hybridized carbons (Fsp3) is 0.333. The minimum Gasteiger partial charge on any atom is -0.303 e. The minimum absolute atomic E-state index is 4.43. The maximum absolute atomic E-state index is 13.4. The van der Waals surface area contributed by atoms with Crippen molar-refractivity contribution < 1.29 is 70.4 Å². The minimum atomic E-state index is -9.40. The van der Waals surface area contributed by atoms with Gasteiger partial charge in [-0.15, -0.1) is 0 Å². The van der Waals surface area contributed by atoms with Gasteiger partial charge in [0.05, 0.1) is 0 Å². The van der Waals surface area contributed by atoms with E-state index in [4.69, 9.17) is 0 Å². The van der Waals surface area contributed by atoms with Gasteiger partial charge in [-0.3, -0.25) is 0 Å². The summed E-state index contributed by atoms with van der Waals surface area (Å²) in [4.78, 5) is 0. The van der Waals surface area contributed by atoms with Gasteiger partial charge >= 0.3 is 42.4 Å². The Balaban J connectivity index is 7.44. The summed E-state index contributed by atoms with van der Waals surface area (Å²) in [5.74, 6) is -14.1. The predicted molar refractivity (Wildman–Crippen MR) is 53.5 cm³/mol. The maximum Gasteiger partial charge on any atom is 0.365 e. The number of allylic oxidation sites excluding steroid dienone is 3. The van der Waals surface area contributed by atoms with Gasteiger partial charge in [-0.25, -0.2) is 0 Å². The summed E-state index contributed by atoms with van der Waals surface area (Å²) in [7, 11) is -9.40. The van der Waals surface area contributed by atoms with Crippen LogP contribution in [0, 0.1) is 0 Å². The highest BCUT2D eigenvalue weighted by Gasteiger charge is 2.83. The van der Waals surface area contributed by atoms with E-state index in [9.17, 15) is 70.4 Å². The van der Waals surface area contributed by atoms with Gasteiger partial charge in [0.25, 0.3) is 0 Å². The van der Waals surface area contributed by atoms with Crippen LogP contribution in [0.4, 0.5) is 65.9 Å². The highest BCUT2D eigenvalue weighted by atomic mass is 31.2. The number of hydrogen-bond donors (Lipinski definition) is 0. The average molecular weight is 440 g/mol. The fourth-order valence-corrected chi connectivity index (χ4v) is 3.43. The molecular weight excluding hydrogens is 440 g/mol. The van der Waals surface area contributed by atoms with Crippen LogP contribution >= 0.6 is 7.14 Å². The second-order valence-electron chi connectivity index (χ2n) is 3.96.